The standard InChI is InChI=1S/C7H9F2N3/c8-7(9)1-4(2-7)5-3-11-6(10)12-5/h3-4H,1-2H2,(H3,10,11,12). The molecule has 0 bridgehead atoms. The van der Waals surface area contributed by atoms with Gasteiger partial charge in [-0.15, -0.1) is 0 Å². The second kappa shape index (κ2) is 2.18. The van der Waals surface area contributed by atoms with Gasteiger partial charge in [-0.25, -0.2) is 13.8 Å². The lowest BCUT2D eigenvalue weighted by Gasteiger charge is -2.33. The van der Waals surface area contributed by atoms with Crippen molar-refractivity contribution in [2.45, 2.75) is 24.7 Å². The van der Waals surface area contributed by atoms with Crippen molar-refractivity contribution in [1.29, 1.82) is 0 Å². The first-order chi connectivity index (χ1) is 5.57. The molecule has 5 heteroatoms. The Balaban J connectivity index is 2.06. The first-order valence-corrected chi connectivity index (χ1v) is 3.75. The summed E-state index contributed by atoms with van der Waals surface area (Å²) in [6, 6.07) is 0. The summed E-state index contributed by atoms with van der Waals surface area (Å²) in [7, 11) is 0. The van der Waals surface area contributed by atoms with E-state index >= 15 is 0 Å². The monoisotopic (exact) mass is 173 g/mol. The minimum absolute atomic E-state index is 0.0887. The van der Waals surface area contributed by atoms with Crippen LogP contribution in [0.3, 0.4) is 0 Å². The van der Waals surface area contributed by atoms with E-state index in [0.29, 0.717) is 5.95 Å². The first kappa shape index (κ1) is 7.52. The summed E-state index contributed by atoms with van der Waals surface area (Å²) in [5.41, 5.74) is 6.03. The van der Waals surface area contributed by atoms with Crippen molar-refractivity contribution in [2.24, 2.45) is 0 Å². The van der Waals surface area contributed by atoms with E-state index in [1.165, 1.54) is 6.20 Å². The number of imidazole rings is 1. The van der Waals surface area contributed by atoms with Crippen LogP contribution in [0.4, 0.5) is 14.7 Å². The van der Waals surface area contributed by atoms with Gasteiger partial charge < -0.3 is 10.7 Å². The third-order valence-electron chi connectivity index (χ3n) is 2.15. The number of rotatable bonds is 1. The Labute approximate surface area is 68.0 Å². The van der Waals surface area contributed by atoms with Crippen molar-refractivity contribution >= 4 is 5.95 Å². The van der Waals surface area contributed by atoms with E-state index in [-0.39, 0.29) is 18.8 Å². The molecule has 0 spiro atoms. The molecule has 66 valence electrons. The van der Waals surface area contributed by atoms with Crippen molar-refractivity contribution < 1.29 is 8.78 Å². The molecule has 1 heterocycles. The van der Waals surface area contributed by atoms with Crippen LogP contribution in [0.25, 0.3) is 0 Å². The Morgan fingerprint density at radius 1 is 1.58 bits per heavy atom. The molecule has 3 nitrogen and oxygen atoms in total. The Kier molecular flexibility index (Phi) is 1.37. The number of nitrogens with zero attached hydrogens (tertiary/aromatic N) is 1. The van der Waals surface area contributed by atoms with Crippen LogP contribution in [-0.4, -0.2) is 15.9 Å². The molecular formula is C7H9F2N3. The summed E-state index contributed by atoms with van der Waals surface area (Å²) in [6.07, 6.45) is 1.35. The topological polar surface area (TPSA) is 54.7 Å². The molecular weight excluding hydrogens is 164 g/mol. The highest BCUT2D eigenvalue weighted by Gasteiger charge is 2.46. The van der Waals surface area contributed by atoms with E-state index in [9.17, 15) is 8.78 Å². The number of halogens is 2. The van der Waals surface area contributed by atoms with Crippen LogP contribution in [0, 0.1) is 0 Å². The van der Waals surface area contributed by atoms with Crippen molar-refractivity contribution in [2.75, 3.05) is 5.73 Å². The molecule has 1 aromatic rings. The lowest BCUT2D eigenvalue weighted by molar-refractivity contribution is -0.0875. The number of H-pyrrole nitrogens is 1. The number of nitrogen functional groups attached to an aromatic ring is 1. The molecule has 12 heavy (non-hydrogen) atoms. The maximum atomic E-state index is 12.4. The fourth-order valence-corrected chi connectivity index (χ4v) is 1.44. The summed E-state index contributed by atoms with van der Waals surface area (Å²) in [4.78, 5) is 6.49. The van der Waals surface area contributed by atoms with Gasteiger partial charge in [-0.05, 0) is 0 Å². The van der Waals surface area contributed by atoms with Crippen LogP contribution >= 0.6 is 0 Å². The zero-order valence-electron chi connectivity index (χ0n) is 6.35. The highest BCUT2D eigenvalue weighted by atomic mass is 19.3. The van der Waals surface area contributed by atoms with Gasteiger partial charge in [0.2, 0.25) is 5.92 Å². The Morgan fingerprint density at radius 3 is 2.67 bits per heavy atom. The number of nitrogens with two attached hydrogens (primary N) is 1. The third-order valence-corrected chi connectivity index (χ3v) is 2.15. The highest BCUT2D eigenvalue weighted by molar-refractivity contribution is 5.23. The minimum atomic E-state index is -2.48. The third kappa shape index (κ3) is 1.15. The maximum Gasteiger partial charge on any atom is 0.249 e. The molecule has 1 aliphatic carbocycles. The van der Waals surface area contributed by atoms with Crippen LogP contribution in [0.15, 0.2) is 6.20 Å². The second-order valence-corrected chi connectivity index (χ2v) is 3.18. The number of nitrogens with one attached hydrogen (secondary N) is 1. The predicted molar refractivity (Wildman–Crippen MR) is 39.9 cm³/mol. The summed E-state index contributed by atoms with van der Waals surface area (Å²) >= 11 is 0. The van der Waals surface area contributed by atoms with Gasteiger partial charge in [-0.3, -0.25) is 0 Å². The Hall–Kier alpha value is -1.13. The number of anilines is 1. The number of hydrogen-bond donors (Lipinski definition) is 2. The summed E-state index contributed by atoms with van der Waals surface area (Å²) in [6.45, 7) is 0. The number of aromatic amines is 1. The van der Waals surface area contributed by atoms with E-state index in [2.05, 4.69) is 9.97 Å². The lowest BCUT2D eigenvalue weighted by Crippen LogP contribution is -2.33. The van der Waals surface area contributed by atoms with Gasteiger partial charge in [0.25, 0.3) is 0 Å². The SMILES string of the molecule is Nc1ncc(C2CC(F)(F)C2)[nH]1. The summed E-state index contributed by atoms with van der Waals surface area (Å²) in [5.74, 6) is -2.28. The van der Waals surface area contributed by atoms with E-state index in [0.717, 1.165) is 5.69 Å². The van der Waals surface area contributed by atoms with Crippen molar-refractivity contribution in [1.82, 2.24) is 9.97 Å². The molecule has 1 aromatic heterocycles. The van der Waals surface area contributed by atoms with Crippen LogP contribution in [-0.2, 0) is 0 Å². The summed E-state index contributed by atoms with van der Waals surface area (Å²) in [5, 5.41) is 0. The minimum Gasteiger partial charge on any atom is -0.369 e. The van der Waals surface area contributed by atoms with Crippen LogP contribution in [0.2, 0.25) is 0 Å². The molecule has 0 saturated heterocycles. The molecule has 2 rings (SSSR count). The normalized spacial score (nSPS) is 22.2. The van der Waals surface area contributed by atoms with Gasteiger partial charge in [0.15, 0.2) is 5.95 Å². The number of alkyl halides is 2. The molecule has 1 fully saturated rings. The summed E-state index contributed by atoms with van der Waals surface area (Å²) < 4.78 is 24.8. The van der Waals surface area contributed by atoms with Gasteiger partial charge in [0.1, 0.15) is 0 Å². The predicted octanol–water partition coefficient (Wildman–Crippen LogP) is 1.50. The number of hydrogen-bond acceptors (Lipinski definition) is 2. The van der Waals surface area contributed by atoms with E-state index in [1.54, 1.807) is 0 Å². The zero-order chi connectivity index (χ0) is 8.77. The zero-order valence-corrected chi connectivity index (χ0v) is 6.35. The van der Waals surface area contributed by atoms with E-state index in [4.69, 9.17) is 5.73 Å². The highest BCUT2D eigenvalue weighted by Crippen LogP contribution is 2.47. The average molecular weight is 173 g/mol. The van der Waals surface area contributed by atoms with Crippen LogP contribution in [0.5, 0.6) is 0 Å². The van der Waals surface area contributed by atoms with Crippen LogP contribution < -0.4 is 5.73 Å². The van der Waals surface area contributed by atoms with E-state index < -0.39 is 5.92 Å². The molecule has 1 aliphatic rings. The smallest absolute Gasteiger partial charge is 0.249 e. The van der Waals surface area contributed by atoms with Gasteiger partial charge in [0, 0.05) is 24.5 Å². The van der Waals surface area contributed by atoms with Gasteiger partial charge >= 0.3 is 0 Å². The molecule has 0 unspecified atom stereocenters. The second-order valence-electron chi connectivity index (χ2n) is 3.18. The molecule has 0 aromatic carbocycles. The number of aromatic nitrogens is 2. The molecule has 0 aliphatic heterocycles. The fourth-order valence-electron chi connectivity index (χ4n) is 1.44. The first-order valence-electron chi connectivity index (χ1n) is 3.75. The van der Waals surface area contributed by atoms with Gasteiger partial charge in [-0.2, -0.15) is 0 Å². The van der Waals surface area contributed by atoms with Gasteiger partial charge in [0.05, 0.1) is 6.20 Å². The Bertz CT molecular complexity index is 287. The quantitative estimate of drug-likeness (QED) is 0.676. The molecule has 0 radical (unpaired) electrons. The average Bonchev–Trinajstić information content (AvgIpc) is 2.30. The largest absolute Gasteiger partial charge is 0.369 e. The molecule has 1 saturated carbocycles. The Morgan fingerprint density at radius 2 is 2.25 bits per heavy atom. The van der Waals surface area contributed by atoms with E-state index in [1.807, 2.05) is 0 Å². The maximum absolute atomic E-state index is 12.4. The van der Waals surface area contributed by atoms with Crippen LogP contribution in [0.1, 0.15) is 24.5 Å². The van der Waals surface area contributed by atoms with Crippen molar-refractivity contribution in [3.8, 4) is 0 Å². The van der Waals surface area contributed by atoms with Gasteiger partial charge in [-0.1, -0.05) is 0 Å². The van der Waals surface area contributed by atoms with Crippen molar-refractivity contribution in [3.63, 3.8) is 0 Å². The van der Waals surface area contributed by atoms with Crippen molar-refractivity contribution in [3.05, 3.63) is 11.9 Å². The molecule has 0 amide bonds. The molecule has 3 N–H and O–H groups in total. The fraction of sp³-hybridized carbons (Fsp3) is 0.571. The lowest BCUT2D eigenvalue weighted by atomic mass is 9.79. The molecule has 0 atom stereocenters.